The summed E-state index contributed by atoms with van der Waals surface area (Å²) in [6.07, 6.45) is -0.335. The number of carbonyl (C=O) groups excluding carboxylic acids is 2. The van der Waals surface area contributed by atoms with Crippen LogP contribution in [-0.2, 0) is 4.74 Å². The molecule has 1 aromatic heterocycles. The maximum absolute atomic E-state index is 12.7. The van der Waals surface area contributed by atoms with Gasteiger partial charge in [-0.25, -0.2) is 4.79 Å². The minimum Gasteiger partial charge on any atom is -0.444 e. The van der Waals surface area contributed by atoms with Crippen molar-refractivity contribution in [2.45, 2.75) is 26.4 Å². The summed E-state index contributed by atoms with van der Waals surface area (Å²) in [5, 5.41) is 0.913. The lowest BCUT2D eigenvalue weighted by atomic mass is 10.2. The summed E-state index contributed by atoms with van der Waals surface area (Å²) in [5.74, 6) is -0.0839. The lowest BCUT2D eigenvalue weighted by Gasteiger charge is -2.35. The number of nitrogens with one attached hydrogen (secondary N) is 1. The number of piperazine rings is 1. The zero-order chi connectivity index (χ0) is 18.2. The van der Waals surface area contributed by atoms with E-state index in [1.54, 1.807) is 15.9 Å². The number of H-pyrrole nitrogens is 1. The van der Waals surface area contributed by atoms with E-state index in [1.165, 1.54) is 0 Å². The first kappa shape index (κ1) is 17.1. The number of hydrogen-bond acceptors (Lipinski definition) is 4. The molecule has 2 aromatic rings. The van der Waals surface area contributed by atoms with Gasteiger partial charge in [-0.3, -0.25) is 4.79 Å². The number of rotatable bonds is 1. The summed E-state index contributed by atoms with van der Waals surface area (Å²) in [4.78, 5) is 31.3. The summed E-state index contributed by atoms with van der Waals surface area (Å²) in [6.45, 7) is 7.39. The number of benzene rings is 1. The summed E-state index contributed by atoms with van der Waals surface area (Å²) in [5.41, 5.74) is 7.32. The second kappa shape index (κ2) is 6.31. The van der Waals surface area contributed by atoms with Crippen molar-refractivity contribution >= 4 is 28.6 Å². The van der Waals surface area contributed by atoms with Crippen LogP contribution in [0.25, 0.3) is 10.9 Å². The summed E-state index contributed by atoms with van der Waals surface area (Å²) in [6, 6.07) is 7.39. The Balaban J connectivity index is 1.65. The molecule has 1 aliphatic rings. The van der Waals surface area contributed by atoms with E-state index in [-0.39, 0.29) is 12.0 Å². The predicted octanol–water partition coefficient (Wildman–Crippen LogP) is 2.44. The first-order valence-electron chi connectivity index (χ1n) is 8.39. The average Bonchev–Trinajstić information content (AvgIpc) is 2.98. The molecule has 0 atom stereocenters. The second-order valence-corrected chi connectivity index (χ2v) is 7.25. The van der Waals surface area contributed by atoms with Crippen molar-refractivity contribution in [3.63, 3.8) is 0 Å². The molecule has 0 saturated carbocycles. The van der Waals surface area contributed by atoms with E-state index in [4.69, 9.17) is 10.5 Å². The van der Waals surface area contributed by atoms with Gasteiger partial charge in [0.1, 0.15) is 11.3 Å². The number of para-hydroxylation sites is 1. The Labute approximate surface area is 146 Å². The van der Waals surface area contributed by atoms with Crippen LogP contribution in [0.4, 0.5) is 10.5 Å². The molecule has 1 saturated heterocycles. The highest BCUT2D eigenvalue weighted by Crippen LogP contribution is 2.22. The molecule has 1 fully saturated rings. The van der Waals surface area contributed by atoms with Crippen LogP contribution in [0.15, 0.2) is 24.3 Å². The Bertz CT molecular complexity index is 798. The Morgan fingerprint density at radius 3 is 2.36 bits per heavy atom. The summed E-state index contributed by atoms with van der Waals surface area (Å²) in [7, 11) is 0. The third-order valence-corrected chi connectivity index (χ3v) is 4.14. The van der Waals surface area contributed by atoms with Crippen LogP contribution in [0.5, 0.6) is 0 Å². The van der Waals surface area contributed by atoms with E-state index in [1.807, 2.05) is 39.0 Å². The fourth-order valence-corrected chi connectivity index (χ4v) is 2.88. The van der Waals surface area contributed by atoms with Crippen LogP contribution < -0.4 is 5.73 Å². The third kappa shape index (κ3) is 3.70. The monoisotopic (exact) mass is 344 g/mol. The van der Waals surface area contributed by atoms with Crippen molar-refractivity contribution in [2.75, 3.05) is 31.9 Å². The van der Waals surface area contributed by atoms with Crippen LogP contribution in [0.1, 0.15) is 31.3 Å². The Kier molecular flexibility index (Phi) is 4.32. The summed E-state index contributed by atoms with van der Waals surface area (Å²) < 4.78 is 5.37. The number of aromatic nitrogens is 1. The molecule has 0 radical (unpaired) electrons. The first-order valence-corrected chi connectivity index (χ1v) is 8.39. The van der Waals surface area contributed by atoms with Crippen LogP contribution in [-0.4, -0.2) is 58.6 Å². The van der Waals surface area contributed by atoms with Crippen molar-refractivity contribution in [3.05, 3.63) is 30.0 Å². The molecule has 0 bridgehead atoms. The number of carbonyl (C=O) groups is 2. The van der Waals surface area contributed by atoms with E-state index >= 15 is 0 Å². The van der Waals surface area contributed by atoms with Crippen molar-refractivity contribution < 1.29 is 14.3 Å². The maximum Gasteiger partial charge on any atom is 0.410 e. The molecule has 2 amide bonds. The van der Waals surface area contributed by atoms with Crippen molar-refractivity contribution in [2.24, 2.45) is 0 Å². The van der Waals surface area contributed by atoms with E-state index in [0.29, 0.717) is 37.6 Å². The number of nitrogens with two attached hydrogens (primary N) is 1. The largest absolute Gasteiger partial charge is 0.444 e. The van der Waals surface area contributed by atoms with E-state index in [9.17, 15) is 9.59 Å². The van der Waals surface area contributed by atoms with E-state index in [0.717, 1.165) is 10.9 Å². The number of nitrogen functional groups attached to an aromatic ring is 1. The zero-order valence-corrected chi connectivity index (χ0v) is 14.8. The average molecular weight is 344 g/mol. The van der Waals surface area contributed by atoms with Crippen molar-refractivity contribution in [1.29, 1.82) is 0 Å². The molecule has 0 unspecified atom stereocenters. The quantitative estimate of drug-likeness (QED) is 0.777. The Hall–Kier alpha value is -2.70. The molecule has 25 heavy (non-hydrogen) atoms. The molecular formula is C18H24N4O3. The molecule has 0 aliphatic carbocycles. The van der Waals surface area contributed by atoms with Gasteiger partial charge in [0, 0.05) is 31.6 Å². The van der Waals surface area contributed by atoms with Gasteiger partial charge in [-0.05, 0) is 32.9 Å². The third-order valence-electron chi connectivity index (χ3n) is 4.14. The van der Waals surface area contributed by atoms with Gasteiger partial charge < -0.3 is 25.3 Å². The lowest BCUT2D eigenvalue weighted by Crippen LogP contribution is -2.51. The van der Waals surface area contributed by atoms with Crippen LogP contribution in [0, 0.1) is 0 Å². The number of hydrogen-bond donors (Lipinski definition) is 2. The summed E-state index contributed by atoms with van der Waals surface area (Å²) >= 11 is 0. The van der Waals surface area contributed by atoms with Gasteiger partial charge in [0.2, 0.25) is 0 Å². The topological polar surface area (TPSA) is 91.7 Å². The zero-order valence-electron chi connectivity index (χ0n) is 14.8. The minimum absolute atomic E-state index is 0.0839. The normalized spacial score (nSPS) is 15.5. The van der Waals surface area contributed by atoms with Crippen LogP contribution >= 0.6 is 0 Å². The number of ether oxygens (including phenoxy) is 1. The molecular weight excluding hydrogens is 320 g/mol. The van der Waals surface area contributed by atoms with Gasteiger partial charge >= 0.3 is 6.09 Å². The van der Waals surface area contributed by atoms with Gasteiger partial charge in [0.25, 0.3) is 5.91 Å². The first-order chi connectivity index (χ1) is 11.7. The van der Waals surface area contributed by atoms with Crippen LogP contribution in [0.3, 0.4) is 0 Å². The van der Waals surface area contributed by atoms with Gasteiger partial charge in [-0.15, -0.1) is 0 Å². The van der Waals surface area contributed by atoms with Gasteiger partial charge in [-0.1, -0.05) is 12.1 Å². The minimum atomic E-state index is -0.520. The fourth-order valence-electron chi connectivity index (χ4n) is 2.88. The number of anilines is 1. The molecule has 1 aliphatic heterocycles. The molecule has 7 heteroatoms. The highest BCUT2D eigenvalue weighted by Gasteiger charge is 2.28. The molecule has 0 spiro atoms. The van der Waals surface area contributed by atoms with Gasteiger partial charge in [0.15, 0.2) is 0 Å². The smallest absolute Gasteiger partial charge is 0.410 e. The number of fused-ring (bicyclic) bond motifs is 1. The van der Waals surface area contributed by atoms with Crippen molar-refractivity contribution in [1.82, 2.24) is 14.8 Å². The van der Waals surface area contributed by atoms with E-state index in [2.05, 4.69) is 4.98 Å². The molecule has 3 rings (SSSR count). The SMILES string of the molecule is CC(C)(C)OC(=O)N1CCN(C(=O)c2cc3cccc(N)c3[nH]2)CC1. The molecule has 7 nitrogen and oxygen atoms in total. The standard InChI is InChI=1S/C18H24N4O3/c1-18(2,3)25-17(24)22-9-7-21(8-10-22)16(23)14-11-12-5-4-6-13(19)15(12)20-14/h4-6,11,20H,7-10,19H2,1-3H3. The molecule has 134 valence electrons. The van der Waals surface area contributed by atoms with Gasteiger partial charge in [-0.2, -0.15) is 0 Å². The predicted molar refractivity (Wildman–Crippen MR) is 96.4 cm³/mol. The maximum atomic E-state index is 12.7. The number of nitrogens with zero attached hydrogens (tertiary/aromatic N) is 2. The van der Waals surface area contributed by atoms with Gasteiger partial charge in [0.05, 0.1) is 11.2 Å². The highest BCUT2D eigenvalue weighted by atomic mass is 16.6. The molecule has 1 aromatic carbocycles. The number of aromatic amines is 1. The Morgan fingerprint density at radius 1 is 1.12 bits per heavy atom. The van der Waals surface area contributed by atoms with Crippen molar-refractivity contribution in [3.8, 4) is 0 Å². The lowest BCUT2D eigenvalue weighted by molar-refractivity contribution is 0.0140. The number of amides is 2. The molecule has 2 heterocycles. The van der Waals surface area contributed by atoms with Crippen LogP contribution in [0.2, 0.25) is 0 Å². The van der Waals surface area contributed by atoms with E-state index < -0.39 is 5.60 Å². The Morgan fingerprint density at radius 2 is 1.76 bits per heavy atom. The molecule has 3 N–H and O–H groups in total. The fraction of sp³-hybridized carbons (Fsp3) is 0.444. The second-order valence-electron chi connectivity index (χ2n) is 7.25. The highest BCUT2D eigenvalue weighted by molar-refractivity contribution is 6.00.